The number of aromatic nitrogens is 1. The number of carbonyl (C=O) groups excluding carboxylic acids is 2. The summed E-state index contributed by atoms with van der Waals surface area (Å²) in [6.45, 7) is 2.03. The number of pyridine rings is 1. The van der Waals surface area contributed by atoms with Crippen molar-refractivity contribution < 1.29 is 18.0 Å². The van der Waals surface area contributed by atoms with E-state index < -0.39 is 10.0 Å². The molecule has 0 aliphatic carbocycles. The van der Waals surface area contributed by atoms with Gasteiger partial charge in [0.2, 0.25) is 10.0 Å². The molecule has 9 heteroatoms. The summed E-state index contributed by atoms with van der Waals surface area (Å²) in [5.74, 6) is -0.542. The van der Waals surface area contributed by atoms with Gasteiger partial charge in [0.25, 0.3) is 5.91 Å². The lowest BCUT2D eigenvalue weighted by Crippen LogP contribution is -2.37. The molecule has 3 aromatic carbocycles. The fourth-order valence-corrected chi connectivity index (χ4v) is 6.01. The highest BCUT2D eigenvalue weighted by molar-refractivity contribution is 9.10. The average Bonchev–Trinajstić information content (AvgIpc) is 2.99. The smallest absolute Gasteiger partial charge is 0.258 e. The van der Waals surface area contributed by atoms with Gasteiger partial charge in [0.15, 0.2) is 5.78 Å². The summed E-state index contributed by atoms with van der Waals surface area (Å²) in [7, 11) is -3.83. The highest BCUT2D eigenvalue weighted by Gasteiger charge is 2.33. The molecule has 7 nitrogen and oxygen atoms in total. The predicted molar refractivity (Wildman–Crippen MR) is 156 cm³/mol. The Morgan fingerprint density at radius 2 is 1.68 bits per heavy atom. The largest absolute Gasteiger partial charge is 0.300 e. The zero-order valence-electron chi connectivity index (χ0n) is 21.7. The van der Waals surface area contributed by atoms with Gasteiger partial charge in [0, 0.05) is 28.2 Å². The van der Waals surface area contributed by atoms with E-state index in [4.69, 9.17) is 0 Å². The van der Waals surface area contributed by atoms with Crippen LogP contribution >= 0.6 is 15.9 Å². The van der Waals surface area contributed by atoms with Gasteiger partial charge < -0.3 is 0 Å². The Morgan fingerprint density at radius 3 is 2.35 bits per heavy atom. The molecular formula is C31H26BrN3O4S. The molecule has 1 aromatic heterocycles. The topological polar surface area (TPSA) is 96.4 Å². The maximum absolute atomic E-state index is 13.9. The summed E-state index contributed by atoms with van der Waals surface area (Å²) >= 11 is 3.55. The Hall–Kier alpha value is -3.92. The molecule has 0 saturated heterocycles. The first kappa shape index (κ1) is 27.6. The Morgan fingerprint density at radius 1 is 0.950 bits per heavy atom. The van der Waals surface area contributed by atoms with Crippen LogP contribution in [0.1, 0.15) is 46.1 Å². The van der Waals surface area contributed by atoms with Gasteiger partial charge in [-0.2, -0.15) is 0 Å². The molecule has 0 radical (unpaired) electrons. The second-order valence-corrected chi connectivity index (χ2v) is 11.9. The number of sulfonamides is 1. The van der Waals surface area contributed by atoms with E-state index in [1.807, 2.05) is 48.5 Å². The second-order valence-electron chi connectivity index (χ2n) is 9.23. The number of halogens is 1. The van der Waals surface area contributed by atoms with Crippen molar-refractivity contribution in [2.24, 2.45) is 0 Å². The lowest BCUT2D eigenvalue weighted by Gasteiger charge is -2.33. The molecule has 0 fully saturated rings. The van der Waals surface area contributed by atoms with Crippen molar-refractivity contribution in [3.8, 4) is 0 Å². The molecule has 4 aromatic rings. The highest BCUT2D eigenvalue weighted by atomic mass is 79.9. The van der Waals surface area contributed by atoms with Crippen molar-refractivity contribution in [2.45, 2.75) is 31.3 Å². The van der Waals surface area contributed by atoms with Gasteiger partial charge in [0.05, 0.1) is 29.4 Å². The third-order valence-electron chi connectivity index (χ3n) is 6.65. The monoisotopic (exact) mass is 615 g/mol. The molecule has 2 heterocycles. The van der Waals surface area contributed by atoms with Crippen LogP contribution in [0, 0.1) is 0 Å². The zero-order valence-corrected chi connectivity index (χ0v) is 24.1. The molecule has 0 atom stereocenters. The van der Waals surface area contributed by atoms with Crippen LogP contribution in [-0.2, 0) is 27.9 Å². The summed E-state index contributed by atoms with van der Waals surface area (Å²) in [5.41, 5.74) is 4.51. The number of amides is 1. The van der Waals surface area contributed by atoms with Gasteiger partial charge in [-0.25, -0.2) is 13.1 Å². The molecule has 0 bridgehead atoms. The normalized spacial score (nSPS) is 13.2. The quantitative estimate of drug-likeness (QED) is 0.273. The van der Waals surface area contributed by atoms with Gasteiger partial charge in [-0.3, -0.25) is 19.5 Å². The molecular weight excluding hydrogens is 590 g/mol. The van der Waals surface area contributed by atoms with Gasteiger partial charge >= 0.3 is 0 Å². The Kier molecular flexibility index (Phi) is 8.07. The van der Waals surface area contributed by atoms with Crippen LogP contribution < -0.4 is 4.72 Å². The van der Waals surface area contributed by atoms with Crippen LogP contribution in [0.5, 0.6) is 0 Å². The maximum atomic E-state index is 13.9. The number of ketones is 1. The fraction of sp³-hybridized carbons (Fsp3) is 0.129. The number of carbonyl (C=O) groups is 2. The number of nitrogens with one attached hydrogen (secondary N) is 1. The summed E-state index contributed by atoms with van der Waals surface area (Å²) in [5, 5.41) is 0. The van der Waals surface area contributed by atoms with Crippen molar-refractivity contribution in [1.82, 2.24) is 14.6 Å². The van der Waals surface area contributed by atoms with E-state index >= 15 is 0 Å². The van der Waals surface area contributed by atoms with Crippen LogP contribution in [0.2, 0.25) is 0 Å². The number of rotatable bonds is 8. The molecule has 0 unspecified atom stereocenters. The number of nitrogens with zero attached hydrogens (tertiary/aromatic N) is 2. The number of allylic oxidation sites excluding steroid dienone is 1. The van der Waals surface area contributed by atoms with Gasteiger partial charge in [-0.15, -0.1) is 0 Å². The number of benzene rings is 3. The van der Waals surface area contributed by atoms with E-state index in [1.54, 1.807) is 31.3 Å². The van der Waals surface area contributed by atoms with Crippen LogP contribution in [0.3, 0.4) is 0 Å². The summed E-state index contributed by atoms with van der Waals surface area (Å²) in [6, 6.07) is 26.4. The molecule has 1 aliphatic heterocycles. The molecule has 1 amide bonds. The third kappa shape index (κ3) is 5.67. The minimum absolute atomic E-state index is 0.0270. The van der Waals surface area contributed by atoms with Crippen LogP contribution in [0.15, 0.2) is 112 Å². The Labute approximate surface area is 241 Å². The van der Waals surface area contributed by atoms with Gasteiger partial charge in [-0.05, 0) is 65.2 Å². The SMILES string of the molecule is CCC(=O)C1=C(c2ccccc2)c2cc(Br)ccc2CN1C(=O)c1ccc(S(=O)(=O)NCc2ccccn2)cc1. The number of hydrogen-bond acceptors (Lipinski definition) is 5. The molecule has 0 saturated carbocycles. The average molecular weight is 617 g/mol. The van der Waals surface area contributed by atoms with E-state index in [9.17, 15) is 18.0 Å². The van der Waals surface area contributed by atoms with Crippen molar-refractivity contribution in [1.29, 1.82) is 0 Å². The predicted octanol–water partition coefficient (Wildman–Crippen LogP) is 5.72. The minimum Gasteiger partial charge on any atom is -0.300 e. The van der Waals surface area contributed by atoms with Crippen LogP contribution in [0.4, 0.5) is 0 Å². The van der Waals surface area contributed by atoms with E-state index in [0.29, 0.717) is 17.0 Å². The van der Waals surface area contributed by atoms with Crippen molar-refractivity contribution in [3.05, 3.63) is 135 Å². The molecule has 1 aliphatic rings. The summed E-state index contributed by atoms with van der Waals surface area (Å²) in [4.78, 5) is 33.0. The fourth-order valence-electron chi connectivity index (χ4n) is 4.65. The summed E-state index contributed by atoms with van der Waals surface area (Å²) in [6.07, 6.45) is 1.81. The van der Waals surface area contributed by atoms with Crippen molar-refractivity contribution in [2.75, 3.05) is 0 Å². The molecule has 5 rings (SSSR count). The van der Waals surface area contributed by atoms with E-state index in [1.165, 1.54) is 29.2 Å². The van der Waals surface area contributed by atoms with Gasteiger partial charge in [0.1, 0.15) is 0 Å². The zero-order chi connectivity index (χ0) is 28.3. The first-order chi connectivity index (χ1) is 19.3. The van der Waals surface area contributed by atoms with E-state index in [-0.39, 0.29) is 41.7 Å². The lowest BCUT2D eigenvalue weighted by atomic mass is 9.86. The van der Waals surface area contributed by atoms with Crippen molar-refractivity contribution in [3.63, 3.8) is 0 Å². The van der Waals surface area contributed by atoms with Crippen molar-refractivity contribution >= 4 is 43.2 Å². The van der Waals surface area contributed by atoms with Gasteiger partial charge in [-0.1, -0.05) is 65.3 Å². The molecule has 40 heavy (non-hydrogen) atoms. The van der Waals surface area contributed by atoms with Crippen LogP contribution in [0.25, 0.3) is 5.57 Å². The molecule has 202 valence electrons. The number of hydrogen-bond donors (Lipinski definition) is 1. The minimum atomic E-state index is -3.83. The third-order valence-corrected chi connectivity index (χ3v) is 8.56. The van der Waals surface area contributed by atoms with Crippen LogP contribution in [-0.4, -0.2) is 30.0 Å². The Bertz CT molecular complexity index is 1700. The first-order valence-electron chi connectivity index (χ1n) is 12.7. The number of Topliss-reactive ketones (excluding diaryl/α,β-unsaturated/α-hetero) is 1. The number of fused-ring (bicyclic) bond motifs is 1. The van der Waals surface area contributed by atoms with E-state index in [2.05, 4.69) is 25.6 Å². The van der Waals surface area contributed by atoms with E-state index in [0.717, 1.165) is 21.2 Å². The maximum Gasteiger partial charge on any atom is 0.258 e. The summed E-state index contributed by atoms with van der Waals surface area (Å²) < 4.78 is 29.1. The highest BCUT2D eigenvalue weighted by Crippen LogP contribution is 2.39. The lowest BCUT2D eigenvalue weighted by molar-refractivity contribution is -0.116. The second kappa shape index (κ2) is 11.7. The standard InChI is InChI=1S/C31H26BrN3O4S/c1-2-28(36)30-29(21-8-4-3-5-9-21)27-18-24(32)14-11-23(27)20-35(30)31(37)22-12-15-26(16-13-22)40(38,39)34-19-25-10-6-7-17-33-25/h3-18,34H,2,19-20H2,1H3. The molecule has 0 spiro atoms. The molecule has 1 N–H and O–H groups in total. The first-order valence-corrected chi connectivity index (χ1v) is 15.0. The Balaban J connectivity index is 1.51.